The van der Waals surface area contributed by atoms with Gasteiger partial charge in [0.2, 0.25) is 0 Å². The van der Waals surface area contributed by atoms with Crippen molar-refractivity contribution < 1.29 is 4.74 Å². The molecule has 0 unspecified atom stereocenters. The fourth-order valence-corrected chi connectivity index (χ4v) is 1.91. The van der Waals surface area contributed by atoms with Crippen LogP contribution in [0.2, 0.25) is 0 Å². The van der Waals surface area contributed by atoms with Crippen LogP contribution in [0.5, 0.6) is 5.75 Å². The maximum Gasteiger partial charge on any atom is 0.191 e. The van der Waals surface area contributed by atoms with Crippen LogP contribution in [0.25, 0.3) is 0 Å². The lowest BCUT2D eigenvalue weighted by Gasteiger charge is -2.13. The largest absolute Gasteiger partial charge is 0.491 e. The third-order valence-corrected chi connectivity index (χ3v) is 2.92. The van der Waals surface area contributed by atoms with Crippen LogP contribution in [-0.4, -0.2) is 32.2 Å². The molecule has 0 aliphatic rings. The number of hydrogen-bond acceptors (Lipinski definition) is 2. The fraction of sp³-hybridized carbons (Fsp3) is 0.471. The van der Waals surface area contributed by atoms with Gasteiger partial charge in [0.25, 0.3) is 0 Å². The van der Waals surface area contributed by atoms with E-state index in [1.165, 1.54) is 5.56 Å². The zero-order valence-electron chi connectivity index (χ0n) is 13.8. The summed E-state index contributed by atoms with van der Waals surface area (Å²) in [6.07, 6.45) is 1.81. The number of halogens is 1. The van der Waals surface area contributed by atoms with Gasteiger partial charge in [-0.25, -0.2) is 4.99 Å². The molecule has 0 saturated heterocycles. The molecule has 124 valence electrons. The molecule has 0 amide bonds. The molecule has 0 heterocycles. The van der Waals surface area contributed by atoms with E-state index in [0.29, 0.717) is 25.6 Å². The van der Waals surface area contributed by atoms with Gasteiger partial charge in [0.15, 0.2) is 5.96 Å². The van der Waals surface area contributed by atoms with E-state index in [-0.39, 0.29) is 24.0 Å². The third kappa shape index (κ3) is 7.68. The number of nitrogens with one attached hydrogen (secondary N) is 2. The first-order valence-electron chi connectivity index (χ1n) is 7.53. The highest BCUT2D eigenvalue weighted by atomic mass is 127. The Morgan fingerprint density at radius 2 is 2.05 bits per heavy atom. The van der Waals surface area contributed by atoms with Gasteiger partial charge < -0.3 is 15.4 Å². The summed E-state index contributed by atoms with van der Waals surface area (Å²) in [4.78, 5) is 4.46. The molecule has 0 bridgehead atoms. The van der Waals surface area contributed by atoms with E-state index in [1.54, 1.807) is 0 Å². The van der Waals surface area contributed by atoms with Gasteiger partial charge in [-0.15, -0.1) is 30.6 Å². The van der Waals surface area contributed by atoms with E-state index in [2.05, 4.69) is 42.1 Å². The van der Waals surface area contributed by atoms with Crippen molar-refractivity contribution in [2.75, 3.05) is 26.2 Å². The number of benzene rings is 1. The lowest BCUT2D eigenvalue weighted by Crippen LogP contribution is -2.37. The van der Waals surface area contributed by atoms with Gasteiger partial charge in [0, 0.05) is 13.1 Å². The molecule has 0 aliphatic heterocycles. The molecular formula is C17H28IN3O. The minimum Gasteiger partial charge on any atom is -0.491 e. The summed E-state index contributed by atoms with van der Waals surface area (Å²) in [5.74, 6) is 2.20. The van der Waals surface area contributed by atoms with Crippen molar-refractivity contribution in [3.05, 3.63) is 42.5 Å². The van der Waals surface area contributed by atoms with Crippen molar-refractivity contribution in [2.24, 2.45) is 4.99 Å². The topological polar surface area (TPSA) is 45.7 Å². The Labute approximate surface area is 151 Å². The Balaban J connectivity index is 0.00000441. The number of guanidine groups is 1. The average molecular weight is 417 g/mol. The lowest BCUT2D eigenvalue weighted by atomic mass is 10.0. The molecule has 0 saturated carbocycles. The molecular weight excluding hydrogens is 389 g/mol. The molecule has 1 aromatic carbocycles. The minimum absolute atomic E-state index is 0. The first-order chi connectivity index (χ1) is 10.2. The van der Waals surface area contributed by atoms with Crippen molar-refractivity contribution in [3.8, 4) is 5.75 Å². The molecule has 0 aliphatic carbocycles. The molecule has 1 aromatic rings. The highest BCUT2D eigenvalue weighted by molar-refractivity contribution is 14.0. The molecule has 1 rings (SSSR count). The number of aliphatic imine (C=N–C) groups is 1. The van der Waals surface area contributed by atoms with Crippen molar-refractivity contribution >= 4 is 29.9 Å². The fourth-order valence-electron chi connectivity index (χ4n) is 1.91. The number of rotatable bonds is 8. The van der Waals surface area contributed by atoms with Crippen molar-refractivity contribution in [1.29, 1.82) is 0 Å². The summed E-state index contributed by atoms with van der Waals surface area (Å²) in [5, 5.41) is 6.35. The van der Waals surface area contributed by atoms with Crippen LogP contribution in [-0.2, 0) is 0 Å². The molecule has 0 aromatic heterocycles. The van der Waals surface area contributed by atoms with Crippen LogP contribution in [0.3, 0.4) is 0 Å². The molecule has 4 nitrogen and oxygen atoms in total. The number of hydrogen-bond donors (Lipinski definition) is 2. The van der Waals surface area contributed by atoms with E-state index in [1.807, 2.05) is 31.2 Å². The first kappa shape index (κ1) is 20.8. The van der Waals surface area contributed by atoms with Crippen molar-refractivity contribution in [2.45, 2.75) is 26.7 Å². The van der Waals surface area contributed by atoms with Gasteiger partial charge in [0.05, 0.1) is 6.54 Å². The lowest BCUT2D eigenvalue weighted by molar-refractivity contribution is 0.324. The quantitative estimate of drug-likeness (QED) is 0.224. The Morgan fingerprint density at radius 1 is 1.32 bits per heavy atom. The monoisotopic (exact) mass is 417 g/mol. The van der Waals surface area contributed by atoms with Gasteiger partial charge in [-0.2, -0.15) is 0 Å². The molecule has 22 heavy (non-hydrogen) atoms. The highest BCUT2D eigenvalue weighted by Crippen LogP contribution is 2.25. The molecule has 0 radical (unpaired) electrons. The van der Waals surface area contributed by atoms with Crippen molar-refractivity contribution in [1.82, 2.24) is 10.6 Å². The Bertz CT molecular complexity index is 461. The predicted molar refractivity (Wildman–Crippen MR) is 106 cm³/mol. The summed E-state index contributed by atoms with van der Waals surface area (Å²) in [6, 6.07) is 8.17. The average Bonchev–Trinajstić information content (AvgIpc) is 2.49. The van der Waals surface area contributed by atoms with Crippen LogP contribution in [0, 0.1) is 0 Å². The zero-order valence-corrected chi connectivity index (χ0v) is 16.1. The van der Waals surface area contributed by atoms with Crippen LogP contribution < -0.4 is 15.4 Å². The summed E-state index contributed by atoms with van der Waals surface area (Å²) in [7, 11) is 0. The Morgan fingerprint density at radius 3 is 2.68 bits per heavy atom. The van der Waals surface area contributed by atoms with E-state index in [0.717, 1.165) is 18.3 Å². The van der Waals surface area contributed by atoms with Crippen LogP contribution in [0.15, 0.2) is 41.9 Å². The van der Waals surface area contributed by atoms with Crippen LogP contribution in [0.1, 0.15) is 32.3 Å². The summed E-state index contributed by atoms with van der Waals surface area (Å²) >= 11 is 0. The van der Waals surface area contributed by atoms with E-state index >= 15 is 0 Å². The molecule has 2 N–H and O–H groups in total. The molecule has 0 atom stereocenters. The molecule has 0 fully saturated rings. The Kier molecular flexibility index (Phi) is 11.6. The smallest absolute Gasteiger partial charge is 0.191 e. The standard InChI is InChI=1S/C17H27N3O.HI/c1-5-11-19-17(18-6-2)20-12-13-21-16-10-8-7-9-15(16)14(3)4;/h5,7-10,14H,1,6,11-13H2,2-4H3,(H2,18,19,20);1H. The summed E-state index contributed by atoms with van der Waals surface area (Å²) in [6.45, 7) is 12.8. The second-order valence-corrected chi connectivity index (χ2v) is 4.97. The van der Waals surface area contributed by atoms with Crippen molar-refractivity contribution in [3.63, 3.8) is 0 Å². The maximum absolute atomic E-state index is 5.85. The third-order valence-electron chi connectivity index (χ3n) is 2.92. The van der Waals surface area contributed by atoms with Gasteiger partial charge in [-0.05, 0) is 24.5 Å². The van der Waals surface area contributed by atoms with Gasteiger partial charge in [-0.1, -0.05) is 38.1 Å². The summed E-state index contributed by atoms with van der Waals surface area (Å²) < 4.78 is 5.85. The number of nitrogens with zero attached hydrogens (tertiary/aromatic N) is 1. The molecule has 5 heteroatoms. The number of ether oxygens (including phenoxy) is 1. The second-order valence-electron chi connectivity index (χ2n) is 4.97. The predicted octanol–water partition coefficient (Wildman–Crippen LogP) is 3.55. The van der Waals surface area contributed by atoms with Crippen LogP contribution >= 0.6 is 24.0 Å². The Hall–Kier alpha value is -1.24. The second kappa shape index (κ2) is 12.3. The zero-order chi connectivity index (χ0) is 15.5. The summed E-state index contributed by atoms with van der Waals surface area (Å²) in [5.41, 5.74) is 1.23. The van der Waals surface area contributed by atoms with Gasteiger partial charge in [-0.3, -0.25) is 0 Å². The maximum atomic E-state index is 5.85. The normalized spacial score (nSPS) is 10.8. The van der Waals surface area contributed by atoms with E-state index < -0.39 is 0 Å². The van der Waals surface area contributed by atoms with E-state index in [4.69, 9.17) is 4.74 Å². The van der Waals surface area contributed by atoms with Crippen LogP contribution in [0.4, 0.5) is 0 Å². The minimum atomic E-state index is 0. The van der Waals surface area contributed by atoms with Gasteiger partial charge in [0.1, 0.15) is 12.4 Å². The highest BCUT2D eigenvalue weighted by Gasteiger charge is 2.06. The SMILES string of the molecule is C=CCNC(=NCCOc1ccccc1C(C)C)NCC.I. The van der Waals surface area contributed by atoms with E-state index in [9.17, 15) is 0 Å². The number of para-hydroxylation sites is 1. The first-order valence-corrected chi connectivity index (χ1v) is 7.53. The molecule has 0 spiro atoms. The van der Waals surface area contributed by atoms with Gasteiger partial charge >= 0.3 is 0 Å².